The van der Waals surface area contributed by atoms with E-state index in [1.807, 2.05) is 36.4 Å². The minimum atomic E-state index is -0.325. The summed E-state index contributed by atoms with van der Waals surface area (Å²) in [6, 6.07) is 15.6. The van der Waals surface area contributed by atoms with Gasteiger partial charge in [-0.25, -0.2) is 0 Å². The van der Waals surface area contributed by atoms with Gasteiger partial charge in [0.2, 0.25) is 4.96 Å². The van der Waals surface area contributed by atoms with Gasteiger partial charge in [0.1, 0.15) is 4.53 Å². The van der Waals surface area contributed by atoms with Gasteiger partial charge in [-0.2, -0.15) is 9.50 Å². The molecule has 0 fully saturated rings. The summed E-state index contributed by atoms with van der Waals surface area (Å²) in [6.07, 6.45) is 1.68. The van der Waals surface area contributed by atoms with Gasteiger partial charge in [-0.1, -0.05) is 80.6 Å². The lowest BCUT2D eigenvalue weighted by Gasteiger charge is -2.18. The van der Waals surface area contributed by atoms with Crippen LogP contribution in [0.25, 0.3) is 21.9 Å². The Balaban J connectivity index is 1.64. The van der Waals surface area contributed by atoms with Gasteiger partial charge in [0.05, 0.1) is 11.3 Å². The van der Waals surface area contributed by atoms with Gasteiger partial charge in [-0.3, -0.25) is 9.59 Å². The quantitative estimate of drug-likeness (QED) is 0.455. The molecule has 0 spiro atoms. The second-order valence-corrected chi connectivity index (χ2v) is 9.77. The number of carbonyl (C=O) groups is 1. The van der Waals surface area contributed by atoms with Gasteiger partial charge >= 0.3 is 0 Å². The Morgan fingerprint density at radius 1 is 1.06 bits per heavy atom. The number of amides is 1. The normalized spacial score (nSPS) is 15.5. The Hall–Kier alpha value is -3.58. The van der Waals surface area contributed by atoms with Gasteiger partial charge in [0.15, 0.2) is 5.82 Å². The first-order chi connectivity index (χ1) is 15.3. The molecule has 5 rings (SSSR count). The van der Waals surface area contributed by atoms with Crippen molar-refractivity contribution < 1.29 is 4.79 Å². The molecule has 0 unspecified atom stereocenters. The Bertz CT molecular complexity index is 1490. The molecule has 2 aromatic carbocycles. The minimum absolute atomic E-state index is 0.0540. The first-order valence-electron chi connectivity index (χ1n) is 10.4. The summed E-state index contributed by atoms with van der Waals surface area (Å²) in [6.45, 7) is 10.6. The molecule has 1 amide bonds. The molecule has 2 aromatic heterocycles. The number of rotatable bonds is 3. The minimum Gasteiger partial charge on any atom is -0.304 e. The molecule has 0 radical (unpaired) electrons. The number of anilines is 1. The van der Waals surface area contributed by atoms with Crippen LogP contribution in [0.5, 0.6) is 0 Å². The van der Waals surface area contributed by atoms with Crippen molar-refractivity contribution in [3.63, 3.8) is 0 Å². The molecular formula is C25H22N4O2S. The molecule has 0 N–H and O–H groups in total. The number of para-hydroxylation sites is 1. The zero-order chi connectivity index (χ0) is 22.6. The van der Waals surface area contributed by atoms with Crippen molar-refractivity contribution in [1.29, 1.82) is 0 Å². The van der Waals surface area contributed by atoms with Crippen LogP contribution in [0.1, 0.15) is 31.9 Å². The number of benzene rings is 2. The molecule has 0 atom stereocenters. The summed E-state index contributed by atoms with van der Waals surface area (Å²) in [5.41, 5.74) is 3.73. The Labute approximate surface area is 189 Å². The molecule has 0 aliphatic carbocycles. The van der Waals surface area contributed by atoms with Crippen LogP contribution in [-0.4, -0.2) is 27.0 Å². The lowest BCUT2D eigenvalue weighted by atomic mass is 9.87. The third kappa shape index (κ3) is 3.08. The average Bonchev–Trinajstić information content (AvgIpc) is 3.40. The summed E-state index contributed by atoms with van der Waals surface area (Å²) in [5.74, 6) is 0.294. The van der Waals surface area contributed by atoms with E-state index in [9.17, 15) is 9.59 Å². The van der Waals surface area contributed by atoms with Gasteiger partial charge in [0, 0.05) is 17.7 Å². The number of fused-ring (bicyclic) bond motifs is 2. The Kier molecular flexibility index (Phi) is 4.60. The van der Waals surface area contributed by atoms with E-state index in [1.165, 1.54) is 21.4 Å². The van der Waals surface area contributed by atoms with E-state index in [2.05, 4.69) is 49.6 Å². The maximum Gasteiger partial charge on any atom is 0.291 e. The van der Waals surface area contributed by atoms with Crippen molar-refractivity contribution in [2.45, 2.75) is 26.2 Å². The smallest absolute Gasteiger partial charge is 0.291 e. The van der Waals surface area contributed by atoms with Crippen LogP contribution in [0.3, 0.4) is 0 Å². The number of hydrogen-bond acceptors (Lipinski definition) is 5. The number of aromatic nitrogens is 3. The number of hydrogen-bond donors (Lipinski definition) is 0. The molecule has 7 heteroatoms. The van der Waals surface area contributed by atoms with E-state index in [0.717, 1.165) is 16.8 Å². The monoisotopic (exact) mass is 442 g/mol. The highest BCUT2D eigenvalue weighted by Gasteiger charge is 2.33. The molecule has 0 saturated heterocycles. The molecule has 1 aliphatic rings. The average molecular weight is 443 g/mol. The first kappa shape index (κ1) is 20.3. The van der Waals surface area contributed by atoms with Crippen molar-refractivity contribution in [2.24, 2.45) is 0 Å². The summed E-state index contributed by atoms with van der Waals surface area (Å²) in [7, 11) is 0. The highest BCUT2D eigenvalue weighted by atomic mass is 32.1. The summed E-state index contributed by atoms with van der Waals surface area (Å²) >= 11 is 1.20. The van der Waals surface area contributed by atoms with Crippen LogP contribution in [0.2, 0.25) is 0 Å². The van der Waals surface area contributed by atoms with E-state index < -0.39 is 0 Å². The van der Waals surface area contributed by atoms with Gasteiger partial charge in [-0.05, 0) is 17.0 Å². The molecule has 1 aliphatic heterocycles. The third-order valence-electron chi connectivity index (χ3n) is 5.63. The van der Waals surface area contributed by atoms with Crippen LogP contribution < -0.4 is 15.0 Å². The molecule has 4 aromatic rings. The first-order valence-corrected chi connectivity index (χ1v) is 11.2. The van der Waals surface area contributed by atoms with E-state index in [-0.39, 0.29) is 16.9 Å². The standard InChI is InChI=1S/C25H22N4O2S/c1-5-14-28-18-9-7-6-8-17(18)19(22(28)30)20-23(31)29-24(32-20)26-21(27-29)15-10-12-16(13-11-15)25(2,3)4/h5-13H,1,14H2,2-4H3/b20-19-. The molecular weight excluding hydrogens is 420 g/mol. The largest absolute Gasteiger partial charge is 0.304 e. The SMILES string of the molecule is C=CCN1C(=O)/C(=c2\sc3nc(-c4ccc(C(C)(C)C)cc4)nn3c2=O)c2ccccc21. The van der Waals surface area contributed by atoms with E-state index in [1.54, 1.807) is 11.0 Å². The van der Waals surface area contributed by atoms with Crippen molar-refractivity contribution in [2.75, 3.05) is 11.4 Å². The fourth-order valence-electron chi connectivity index (χ4n) is 3.94. The van der Waals surface area contributed by atoms with Crippen molar-refractivity contribution in [3.8, 4) is 11.4 Å². The van der Waals surface area contributed by atoms with Crippen molar-refractivity contribution in [3.05, 3.63) is 87.2 Å². The third-order valence-corrected chi connectivity index (χ3v) is 6.66. The zero-order valence-electron chi connectivity index (χ0n) is 18.1. The highest BCUT2D eigenvalue weighted by Crippen LogP contribution is 2.35. The van der Waals surface area contributed by atoms with Crippen LogP contribution in [-0.2, 0) is 10.2 Å². The molecule has 6 nitrogen and oxygen atoms in total. The number of carbonyl (C=O) groups excluding carboxylic acids is 1. The van der Waals surface area contributed by atoms with Crippen molar-refractivity contribution in [1.82, 2.24) is 14.6 Å². The van der Waals surface area contributed by atoms with Crippen molar-refractivity contribution >= 4 is 33.5 Å². The predicted octanol–water partition coefficient (Wildman–Crippen LogP) is 3.57. The summed E-state index contributed by atoms with van der Waals surface area (Å²) in [4.78, 5) is 33.1. The predicted molar refractivity (Wildman–Crippen MR) is 128 cm³/mol. The maximum atomic E-state index is 13.2. The summed E-state index contributed by atoms with van der Waals surface area (Å²) < 4.78 is 1.66. The Morgan fingerprint density at radius 3 is 2.44 bits per heavy atom. The fraction of sp³-hybridized carbons (Fsp3) is 0.200. The second kappa shape index (κ2) is 7.24. The fourth-order valence-corrected chi connectivity index (χ4v) is 4.93. The van der Waals surface area contributed by atoms with E-state index >= 15 is 0 Å². The maximum absolute atomic E-state index is 13.2. The van der Waals surface area contributed by atoms with E-state index in [0.29, 0.717) is 27.4 Å². The Morgan fingerprint density at radius 2 is 1.78 bits per heavy atom. The van der Waals surface area contributed by atoms with E-state index in [4.69, 9.17) is 0 Å². The van der Waals surface area contributed by atoms with Crippen LogP contribution in [0.15, 0.2) is 66.0 Å². The lowest BCUT2D eigenvalue weighted by molar-refractivity contribution is -0.112. The number of thiazole rings is 1. The topological polar surface area (TPSA) is 67.6 Å². The number of nitrogens with zero attached hydrogens (tertiary/aromatic N) is 4. The second-order valence-electron chi connectivity index (χ2n) is 8.79. The van der Waals surface area contributed by atoms with Gasteiger partial charge in [0.25, 0.3) is 11.5 Å². The molecule has 3 heterocycles. The van der Waals surface area contributed by atoms with Crippen LogP contribution >= 0.6 is 11.3 Å². The molecule has 0 saturated carbocycles. The zero-order valence-corrected chi connectivity index (χ0v) is 18.9. The lowest BCUT2D eigenvalue weighted by Crippen LogP contribution is -2.32. The molecule has 0 bridgehead atoms. The molecule has 160 valence electrons. The summed E-state index contributed by atoms with van der Waals surface area (Å²) in [5, 5.41) is 4.45. The van der Waals surface area contributed by atoms with Crippen LogP contribution in [0.4, 0.5) is 5.69 Å². The van der Waals surface area contributed by atoms with Crippen LogP contribution in [0, 0.1) is 0 Å². The molecule has 32 heavy (non-hydrogen) atoms. The van der Waals surface area contributed by atoms with Gasteiger partial charge < -0.3 is 4.90 Å². The van der Waals surface area contributed by atoms with Gasteiger partial charge in [-0.15, -0.1) is 11.7 Å². The highest BCUT2D eigenvalue weighted by molar-refractivity contribution is 7.15.